The Morgan fingerprint density at radius 1 is 0.263 bits per heavy atom. The molecular weight excluding hydrogens is 480 g/mol. The summed E-state index contributed by atoms with van der Waals surface area (Å²) < 4.78 is 12.2. The van der Waals surface area contributed by atoms with Crippen LogP contribution in [0, 0.1) is 0 Å². The molecule has 2 heteroatoms. The van der Waals surface area contributed by atoms with E-state index in [1.807, 2.05) is 0 Å². The van der Waals surface area contributed by atoms with Crippen molar-refractivity contribution < 1.29 is 4.21 Å². The number of unbranched alkanes of at least 4 members (excludes halogenated alkanes) is 30. The van der Waals surface area contributed by atoms with Crippen LogP contribution in [0.1, 0.15) is 219 Å². The molecule has 230 valence electrons. The Labute approximate surface area is 245 Å². The zero-order chi connectivity index (χ0) is 27.6. The summed E-state index contributed by atoms with van der Waals surface area (Å²) >= 11 is 0. The lowest BCUT2D eigenvalue weighted by Crippen LogP contribution is -2.02. The molecule has 0 aliphatic rings. The molecule has 0 fully saturated rings. The molecule has 0 N–H and O–H groups in total. The fraction of sp³-hybridized carbons (Fsp3) is 1.00. The van der Waals surface area contributed by atoms with Gasteiger partial charge in [0.15, 0.2) is 0 Å². The van der Waals surface area contributed by atoms with Crippen LogP contribution in [0.4, 0.5) is 0 Å². The van der Waals surface area contributed by atoms with E-state index in [1.54, 1.807) is 0 Å². The van der Waals surface area contributed by atoms with E-state index in [0.29, 0.717) is 0 Å². The van der Waals surface area contributed by atoms with Gasteiger partial charge < -0.3 is 0 Å². The zero-order valence-corrected chi connectivity index (χ0v) is 27.7. The average Bonchev–Trinajstić information content (AvgIpc) is 2.92. The van der Waals surface area contributed by atoms with Gasteiger partial charge in [0.1, 0.15) is 0 Å². The van der Waals surface area contributed by atoms with E-state index in [-0.39, 0.29) is 0 Å². The van der Waals surface area contributed by atoms with Gasteiger partial charge in [-0.05, 0) is 12.8 Å². The molecule has 0 aromatic carbocycles. The summed E-state index contributed by atoms with van der Waals surface area (Å²) in [5.41, 5.74) is 0. The molecular formula is C36H74OS. The van der Waals surface area contributed by atoms with E-state index in [0.717, 1.165) is 11.5 Å². The van der Waals surface area contributed by atoms with Crippen molar-refractivity contribution in [3.8, 4) is 0 Å². The first kappa shape index (κ1) is 38.1. The third-order valence-corrected chi connectivity index (χ3v) is 9.94. The Balaban J connectivity index is 3.14. The molecule has 0 bridgehead atoms. The van der Waals surface area contributed by atoms with Crippen LogP contribution in [0.25, 0.3) is 0 Å². The van der Waals surface area contributed by atoms with E-state index in [1.165, 1.54) is 205 Å². The monoisotopic (exact) mass is 555 g/mol. The van der Waals surface area contributed by atoms with Gasteiger partial charge in [-0.15, -0.1) is 0 Å². The molecule has 0 atom stereocenters. The minimum atomic E-state index is -0.555. The van der Waals surface area contributed by atoms with Gasteiger partial charge >= 0.3 is 0 Å². The van der Waals surface area contributed by atoms with Gasteiger partial charge in [0.2, 0.25) is 0 Å². The van der Waals surface area contributed by atoms with Crippen molar-refractivity contribution in [2.45, 2.75) is 219 Å². The van der Waals surface area contributed by atoms with Crippen molar-refractivity contribution >= 4 is 10.8 Å². The normalized spacial score (nSPS) is 11.7. The lowest BCUT2D eigenvalue weighted by molar-refractivity contribution is 0.531. The predicted octanol–water partition coefficient (Wildman–Crippen LogP) is 13.3. The molecule has 38 heavy (non-hydrogen) atoms. The van der Waals surface area contributed by atoms with Gasteiger partial charge in [0.25, 0.3) is 0 Å². The molecule has 0 unspecified atom stereocenters. The average molecular weight is 555 g/mol. The molecule has 0 amide bonds. The number of rotatable bonds is 34. The van der Waals surface area contributed by atoms with Gasteiger partial charge in [-0.1, -0.05) is 206 Å². The van der Waals surface area contributed by atoms with Crippen molar-refractivity contribution in [2.75, 3.05) is 11.5 Å². The minimum Gasteiger partial charge on any atom is -0.260 e. The van der Waals surface area contributed by atoms with Crippen molar-refractivity contribution in [3.05, 3.63) is 0 Å². The van der Waals surface area contributed by atoms with Crippen LogP contribution < -0.4 is 0 Å². The van der Waals surface area contributed by atoms with Gasteiger partial charge in [-0.3, -0.25) is 4.21 Å². The Bertz CT molecular complexity index is 397. The maximum atomic E-state index is 12.2. The Morgan fingerprint density at radius 2 is 0.421 bits per heavy atom. The summed E-state index contributed by atoms with van der Waals surface area (Å²) in [5, 5.41) is 0. The summed E-state index contributed by atoms with van der Waals surface area (Å²) in [7, 11) is -0.555. The second kappa shape index (κ2) is 35.2. The number of hydrogen-bond donors (Lipinski definition) is 0. The third kappa shape index (κ3) is 34.2. The van der Waals surface area contributed by atoms with E-state index in [9.17, 15) is 4.21 Å². The van der Waals surface area contributed by atoms with Crippen molar-refractivity contribution in [1.29, 1.82) is 0 Å². The van der Waals surface area contributed by atoms with Crippen molar-refractivity contribution in [3.63, 3.8) is 0 Å². The molecule has 0 rings (SSSR count). The standard InChI is InChI=1S/C36H74OS/c1-3-5-7-9-11-13-15-17-19-21-23-25-27-29-31-33-35-38(37)36-34-32-30-28-26-24-22-20-18-16-14-12-10-8-6-4-2/h3-36H2,1-2H3. The van der Waals surface area contributed by atoms with E-state index in [2.05, 4.69) is 13.8 Å². The Hall–Kier alpha value is 0.150. The van der Waals surface area contributed by atoms with E-state index >= 15 is 0 Å². The maximum Gasteiger partial charge on any atom is 0.0234 e. The molecule has 0 aromatic heterocycles. The van der Waals surface area contributed by atoms with Crippen LogP contribution >= 0.6 is 0 Å². The first-order valence-corrected chi connectivity index (χ1v) is 19.6. The second-order valence-corrected chi connectivity index (χ2v) is 14.2. The quantitative estimate of drug-likeness (QED) is 0.0723. The maximum absolute atomic E-state index is 12.2. The highest BCUT2D eigenvalue weighted by Crippen LogP contribution is 2.15. The van der Waals surface area contributed by atoms with Crippen LogP contribution in [0.2, 0.25) is 0 Å². The highest BCUT2D eigenvalue weighted by molar-refractivity contribution is 7.84. The third-order valence-electron chi connectivity index (χ3n) is 8.45. The van der Waals surface area contributed by atoms with Crippen molar-refractivity contribution in [2.24, 2.45) is 0 Å². The lowest BCUT2D eigenvalue weighted by Gasteiger charge is -2.05. The largest absolute Gasteiger partial charge is 0.260 e. The SMILES string of the molecule is CCCCCCCCCCCCCCCCCCS(=O)CCCCCCCCCCCCCCCCCC. The summed E-state index contributed by atoms with van der Waals surface area (Å²) in [6.07, 6.45) is 45.0. The molecule has 0 aliphatic carbocycles. The summed E-state index contributed by atoms with van der Waals surface area (Å²) in [6, 6.07) is 0. The molecule has 0 radical (unpaired) electrons. The first-order valence-electron chi connectivity index (χ1n) is 18.2. The number of hydrogen-bond acceptors (Lipinski definition) is 1. The van der Waals surface area contributed by atoms with Gasteiger partial charge in [0.05, 0.1) is 0 Å². The molecule has 0 heterocycles. The Morgan fingerprint density at radius 3 is 0.605 bits per heavy atom. The van der Waals surface area contributed by atoms with Crippen LogP contribution in [0.5, 0.6) is 0 Å². The molecule has 0 saturated heterocycles. The highest BCUT2D eigenvalue weighted by Gasteiger charge is 2.01. The molecule has 0 aromatic rings. The fourth-order valence-electron chi connectivity index (χ4n) is 5.72. The second-order valence-electron chi connectivity index (χ2n) is 12.5. The van der Waals surface area contributed by atoms with E-state index < -0.39 is 10.8 Å². The van der Waals surface area contributed by atoms with E-state index in [4.69, 9.17) is 0 Å². The molecule has 0 spiro atoms. The lowest BCUT2D eigenvalue weighted by atomic mass is 10.0. The van der Waals surface area contributed by atoms with Gasteiger partial charge in [0, 0.05) is 22.3 Å². The minimum absolute atomic E-state index is 0.555. The Kier molecular flexibility index (Phi) is 35.3. The smallest absolute Gasteiger partial charge is 0.0234 e. The van der Waals surface area contributed by atoms with Crippen LogP contribution in [0.15, 0.2) is 0 Å². The fourth-order valence-corrected chi connectivity index (χ4v) is 6.98. The molecule has 1 nitrogen and oxygen atoms in total. The van der Waals surface area contributed by atoms with Crippen LogP contribution in [0.3, 0.4) is 0 Å². The summed E-state index contributed by atoms with van der Waals surface area (Å²) in [4.78, 5) is 0. The highest BCUT2D eigenvalue weighted by atomic mass is 32.2. The van der Waals surface area contributed by atoms with Crippen LogP contribution in [-0.2, 0) is 10.8 Å². The first-order chi connectivity index (χ1) is 18.8. The molecule has 0 saturated carbocycles. The molecule has 0 aliphatic heterocycles. The van der Waals surface area contributed by atoms with Gasteiger partial charge in [-0.25, -0.2) is 0 Å². The summed E-state index contributed by atoms with van der Waals surface area (Å²) in [6.45, 7) is 4.59. The van der Waals surface area contributed by atoms with Crippen molar-refractivity contribution in [1.82, 2.24) is 0 Å². The van der Waals surface area contributed by atoms with Gasteiger partial charge in [-0.2, -0.15) is 0 Å². The summed E-state index contributed by atoms with van der Waals surface area (Å²) in [5.74, 6) is 1.91. The topological polar surface area (TPSA) is 17.1 Å². The van der Waals surface area contributed by atoms with Crippen LogP contribution in [-0.4, -0.2) is 15.7 Å². The predicted molar refractivity (Wildman–Crippen MR) is 177 cm³/mol. The zero-order valence-electron chi connectivity index (χ0n) is 26.9.